The average molecular weight is 553 g/mol. The Kier molecular flexibility index (Phi) is 7.85. The highest BCUT2D eigenvalue weighted by molar-refractivity contribution is 6.76. The first kappa shape index (κ1) is 26.6. The summed E-state index contributed by atoms with van der Waals surface area (Å²) in [5, 5.41) is 11.2. The van der Waals surface area contributed by atoms with Crippen LogP contribution in [0.25, 0.3) is 16.9 Å². The number of halogens is 4. The molecule has 0 atom stereocenters. The van der Waals surface area contributed by atoms with Gasteiger partial charge in [0.2, 0.25) is 0 Å². The molecular weight excluding hydrogens is 529 g/mol. The van der Waals surface area contributed by atoms with Crippen molar-refractivity contribution in [2.75, 3.05) is 11.9 Å². The van der Waals surface area contributed by atoms with Gasteiger partial charge in [0.15, 0.2) is 11.5 Å². The largest absolute Gasteiger partial charge is 0.434 e. The van der Waals surface area contributed by atoms with Crippen LogP contribution in [0, 0.1) is 5.82 Å². The highest BCUT2D eigenvalue weighted by Crippen LogP contribution is 2.38. The van der Waals surface area contributed by atoms with Crippen LogP contribution >= 0.6 is 11.6 Å². The van der Waals surface area contributed by atoms with Crippen LogP contribution in [-0.2, 0) is 11.5 Å². The maximum atomic E-state index is 13.5. The van der Waals surface area contributed by atoms with Crippen LogP contribution in [-0.4, -0.2) is 51.6 Å². The second-order valence-corrected chi connectivity index (χ2v) is 15.4. The molecule has 196 valence electrons. The number of carbonyl (C=O) groups is 1. The molecule has 0 saturated carbocycles. The van der Waals surface area contributed by atoms with E-state index in [1.54, 1.807) is 0 Å². The number of nitrogens with one attached hydrogen (secondary N) is 1. The van der Waals surface area contributed by atoms with E-state index in [1.165, 1.54) is 35.3 Å². The summed E-state index contributed by atoms with van der Waals surface area (Å²) in [5.74, 6) is -1.40. The number of benzene rings is 1. The number of carbonyl (C=O) groups excluding carboxylic acids is 1. The van der Waals surface area contributed by atoms with E-state index in [4.69, 9.17) is 21.1 Å². The van der Waals surface area contributed by atoms with Crippen LogP contribution < -0.4 is 10.1 Å². The van der Waals surface area contributed by atoms with Gasteiger partial charge >= 0.3 is 6.61 Å². The Bertz CT molecular complexity index is 1420. The van der Waals surface area contributed by atoms with E-state index in [2.05, 4.69) is 40.1 Å². The van der Waals surface area contributed by atoms with Gasteiger partial charge in [0.25, 0.3) is 5.91 Å². The zero-order valence-corrected chi connectivity index (χ0v) is 22.0. The highest BCUT2D eigenvalue weighted by Gasteiger charge is 2.23. The van der Waals surface area contributed by atoms with Gasteiger partial charge < -0.3 is 14.8 Å². The molecular formula is C23H24ClF3N6O3Si. The maximum absolute atomic E-state index is 13.5. The van der Waals surface area contributed by atoms with Crippen molar-refractivity contribution in [3.63, 3.8) is 0 Å². The fourth-order valence-corrected chi connectivity index (χ4v) is 4.40. The molecule has 9 nitrogen and oxygen atoms in total. The molecule has 0 spiro atoms. The molecule has 0 aliphatic carbocycles. The fraction of sp³-hybridized carbons (Fsp3) is 0.304. The molecule has 37 heavy (non-hydrogen) atoms. The van der Waals surface area contributed by atoms with Gasteiger partial charge in [0.1, 0.15) is 18.0 Å². The monoisotopic (exact) mass is 552 g/mol. The smallest absolute Gasteiger partial charge is 0.387 e. The molecule has 1 aromatic carbocycles. The molecule has 3 heterocycles. The first-order chi connectivity index (χ1) is 17.5. The lowest BCUT2D eigenvalue weighted by Gasteiger charge is -2.17. The van der Waals surface area contributed by atoms with Crippen LogP contribution in [0.2, 0.25) is 30.7 Å². The van der Waals surface area contributed by atoms with Gasteiger partial charge in [-0.25, -0.2) is 18.6 Å². The van der Waals surface area contributed by atoms with Crippen molar-refractivity contribution < 1.29 is 27.4 Å². The Morgan fingerprint density at radius 1 is 1.19 bits per heavy atom. The number of fused-ring (bicyclic) bond motifs is 1. The Hall–Kier alpha value is -3.42. The number of nitrogens with zero attached hydrogens (tertiary/aromatic N) is 5. The molecule has 0 saturated heterocycles. The highest BCUT2D eigenvalue weighted by atomic mass is 35.5. The molecule has 1 amide bonds. The van der Waals surface area contributed by atoms with Crippen molar-refractivity contribution >= 4 is 36.9 Å². The van der Waals surface area contributed by atoms with Crippen LogP contribution in [0.4, 0.5) is 18.9 Å². The maximum Gasteiger partial charge on any atom is 0.387 e. The summed E-state index contributed by atoms with van der Waals surface area (Å²) < 4.78 is 52.9. The third-order valence-corrected chi connectivity index (χ3v) is 7.22. The summed E-state index contributed by atoms with van der Waals surface area (Å²) in [5.41, 5.74) is 0.804. The van der Waals surface area contributed by atoms with Gasteiger partial charge in [-0.05, 0) is 24.2 Å². The standard InChI is InChI=1S/C23H24ClF3N6O3Si/c1-37(2,3)7-6-35-13-33-20(16-8-14(24)4-5-19(16)36-23(26)27)18(11-30-33)31-22(34)17-10-29-32-12-15(25)9-28-21(17)32/h4-5,8-12,23H,6-7,13H2,1-3H3,(H,31,34). The fourth-order valence-electron chi connectivity index (χ4n) is 3.48. The van der Waals surface area contributed by atoms with Crippen LogP contribution in [0.15, 0.2) is 43.0 Å². The van der Waals surface area contributed by atoms with Crippen molar-refractivity contribution in [2.45, 2.75) is 39.0 Å². The summed E-state index contributed by atoms with van der Waals surface area (Å²) >= 11 is 6.18. The first-order valence-corrected chi connectivity index (χ1v) is 15.3. The quantitative estimate of drug-likeness (QED) is 0.205. The second-order valence-electron chi connectivity index (χ2n) is 9.33. The van der Waals surface area contributed by atoms with Gasteiger partial charge in [-0.1, -0.05) is 31.2 Å². The number of rotatable bonds is 10. The van der Waals surface area contributed by atoms with Crippen molar-refractivity contribution in [3.8, 4) is 17.0 Å². The molecule has 3 aromatic heterocycles. The number of anilines is 1. The molecule has 0 unspecified atom stereocenters. The molecule has 0 aliphatic heterocycles. The lowest BCUT2D eigenvalue weighted by Crippen LogP contribution is -2.22. The number of hydrogen-bond acceptors (Lipinski definition) is 6. The van der Waals surface area contributed by atoms with E-state index in [0.717, 1.165) is 23.0 Å². The Labute approximate surface area is 216 Å². The lowest BCUT2D eigenvalue weighted by atomic mass is 10.1. The predicted octanol–water partition coefficient (Wildman–Crippen LogP) is 5.55. The van der Waals surface area contributed by atoms with Crippen molar-refractivity contribution in [1.29, 1.82) is 0 Å². The number of ether oxygens (including phenoxy) is 2. The first-order valence-electron chi connectivity index (χ1n) is 11.2. The average Bonchev–Trinajstić information content (AvgIpc) is 3.40. The minimum absolute atomic E-state index is 0.00609. The molecule has 0 radical (unpaired) electrons. The van der Waals surface area contributed by atoms with Crippen molar-refractivity contribution in [2.24, 2.45) is 0 Å². The lowest BCUT2D eigenvalue weighted by molar-refractivity contribution is -0.0495. The van der Waals surface area contributed by atoms with Gasteiger partial charge in [-0.3, -0.25) is 4.79 Å². The Morgan fingerprint density at radius 3 is 2.70 bits per heavy atom. The van der Waals surface area contributed by atoms with E-state index >= 15 is 0 Å². The molecule has 14 heteroatoms. The molecule has 0 aliphatic rings. The molecule has 1 N–H and O–H groups in total. The molecule has 4 rings (SSSR count). The second kappa shape index (κ2) is 10.9. The van der Waals surface area contributed by atoms with E-state index in [0.29, 0.717) is 6.61 Å². The molecule has 0 fully saturated rings. The van der Waals surface area contributed by atoms with Crippen LogP contribution in [0.3, 0.4) is 0 Å². The number of hydrogen-bond donors (Lipinski definition) is 1. The number of amides is 1. The van der Waals surface area contributed by atoms with E-state index < -0.39 is 26.4 Å². The normalized spacial score (nSPS) is 11.9. The minimum Gasteiger partial charge on any atom is -0.434 e. The zero-order chi connectivity index (χ0) is 26.7. The van der Waals surface area contributed by atoms with E-state index in [-0.39, 0.29) is 45.7 Å². The van der Waals surface area contributed by atoms with Gasteiger partial charge in [-0.2, -0.15) is 19.0 Å². The number of aromatic nitrogens is 5. The summed E-state index contributed by atoms with van der Waals surface area (Å²) in [4.78, 5) is 17.1. The van der Waals surface area contributed by atoms with Gasteiger partial charge in [-0.15, -0.1) is 0 Å². The topological polar surface area (TPSA) is 95.6 Å². The van der Waals surface area contributed by atoms with Crippen molar-refractivity contribution in [3.05, 3.63) is 59.4 Å². The molecule has 4 aromatic rings. The zero-order valence-electron chi connectivity index (χ0n) is 20.2. The van der Waals surface area contributed by atoms with E-state index in [1.807, 2.05) is 0 Å². The summed E-state index contributed by atoms with van der Waals surface area (Å²) in [7, 11) is -1.35. The van der Waals surface area contributed by atoms with Crippen LogP contribution in [0.1, 0.15) is 10.4 Å². The van der Waals surface area contributed by atoms with Crippen LogP contribution in [0.5, 0.6) is 5.75 Å². The molecule has 0 bridgehead atoms. The number of alkyl halides is 2. The summed E-state index contributed by atoms with van der Waals surface area (Å²) in [6.07, 6.45) is 4.65. The van der Waals surface area contributed by atoms with Gasteiger partial charge in [0.05, 0.1) is 36.2 Å². The summed E-state index contributed by atoms with van der Waals surface area (Å²) in [6, 6.07) is 5.06. The predicted molar refractivity (Wildman–Crippen MR) is 134 cm³/mol. The Balaban J connectivity index is 1.70. The van der Waals surface area contributed by atoms with Crippen molar-refractivity contribution in [1.82, 2.24) is 24.4 Å². The Morgan fingerprint density at radius 2 is 1.97 bits per heavy atom. The third kappa shape index (κ3) is 6.48. The SMILES string of the molecule is C[Si](C)(C)CCOCn1ncc(NC(=O)c2cnn3cc(F)cnc23)c1-c1cc(Cl)ccc1OC(F)F. The van der Waals surface area contributed by atoms with Gasteiger partial charge in [0, 0.05) is 25.3 Å². The summed E-state index contributed by atoms with van der Waals surface area (Å²) in [6.45, 7) is 4.03. The minimum atomic E-state index is -3.09. The van der Waals surface area contributed by atoms with E-state index in [9.17, 15) is 18.0 Å². The third-order valence-electron chi connectivity index (χ3n) is 5.28.